The predicted octanol–water partition coefficient (Wildman–Crippen LogP) is 2.50. The number of carbonyl (C=O) groups is 1. The van der Waals surface area contributed by atoms with Gasteiger partial charge >= 0.3 is 0 Å². The zero-order valence-electron chi connectivity index (χ0n) is 6.65. The molecular formula is C8H7NOS3. The Morgan fingerprint density at radius 1 is 1.62 bits per heavy atom. The summed E-state index contributed by atoms with van der Waals surface area (Å²) in [6, 6.07) is 4.15. The van der Waals surface area contributed by atoms with Crippen LogP contribution in [0.15, 0.2) is 33.2 Å². The van der Waals surface area contributed by atoms with Crippen molar-refractivity contribution in [3.05, 3.63) is 29.0 Å². The number of thiophene rings is 1. The van der Waals surface area contributed by atoms with E-state index in [1.54, 1.807) is 11.3 Å². The van der Waals surface area contributed by atoms with E-state index in [1.807, 2.05) is 16.9 Å². The van der Waals surface area contributed by atoms with E-state index in [-0.39, 0.29) is 5.91 Å². The topological polar surface area (TPSA) is 29.1 Å². The SMILES string of the molecule is C=C1C(=O)NC2SS12c1cccs1. The van der Waals surface area contributed by atoms with Crippen LogP contribution in [0.2, 0.25) is 0 Å². The van der Waals surface area contributed by atoms with Crippen LogP contribution in [0.1, 0.15) is 0 Å². The molecule has 2 nitrogen and oxygen atoms in total. The number of hydrogen-bond donors (Lipinski definition) is 1. The lowest BCUT2D eigenvalue weighted by molar-refractivity contribution is -0.116. The monoisotopic (exact) mass is 229 g/mol. The molecule has 2 atom stereocenters. The molecule has 2 aliphatic heterocycles. The third-order valence-corrected chi connectivity index (χ3v) is 10.6. The molecule has 2 saturated heterocycles. The summed E-state index contributed by atoms with van der Waals surface area (Å²) in [5.74, 6) is 0.0483. The summed E-state index contributed by atoms with van der Waals surface area (Å²) < 4.78 is 1.65. The Bertz CT molecular complexity index is 400. The fourth-order valence-electron chi connectivity index (χ4n) is 1.45. The molecule has 5 heteroatoms. The molecular weight excluding hydrogens is 222 g/mol. The number of hydrogen-bond acceptors (Lipinski definition) is 3. The Hall–Kier alpha value is -0.390. The van der Waals surface area contributed by atoms with Crippen LogP contribution < -0.4 is 5.32 Å². The fraction of sp³-hybridized carbons (Fsp3) is 0.125. The molecule has 0 aromatic carbocycles. The zero-order chi connectivity index (χ0) is 9.05. The highest BCUT2D eigenvalue weighted by atomic mass is 33.2. The minimum Gasteiger partial charge on any atom is -0.330 e. The average Bonchev–Trinajstić information content (AvgIpc) is 2.55. The third-order valence-electron chi connectivity index (χ3n) is 2.16. The van der Waals surface area contributed by atoms with Crippen LogP contribution in [0.5, 0.6) is 0 Å². The molecule has 0 aliphatic carbocycles. The average molecular weight is 229 g/mol. The van der Waals surface area contributed by atoms with Crippen LogP contribution in [0.4, 0.5) is 0 Å². The fourth-order valence-corrected chi connectivity index (χ4v) is 9.68. The minimum atomic E-state index is -1.02. The molecule has 3 rings (SSSR count). The third kappa shape index (κ3) is 0.846. The Labute approximate surface area is 85.1 Å². The molecule has 0 spiro atoms. The first-order valence-electron chi connectivity index (χ1n) is 3.79. The highest BCUT2D eigenvalue weighted by Gasteiger charge is 2.62. The summed E-state index contributed by atoms with van der Waals surface area (Å²) in [5, 5.41) is 5.00. The number of amides is 1. The normalized spacial score (nSPS) is 40.8. The Morgan fingerprint density at radius 3 is 3.00 bits per heavy atom. The van der Waals surface area contributed by atoms with E-state index in [2.05, 4.69) is 23.3 Å². The van der Waals surface area contributed by atoms with Crippen molar-refractivity contribution < 1.29 is 4.79 Å². The molecule has 1 aromatic rings. The molecule has 1 aromatic heterocycles. The molecule has 3 heterocycles. The van der Waals surface area contributed by atoms with Gasteiger partial charge in [-0.25, -0.2) is 0 Å². The van der Waals surface area contributed by atoms with Gasteiger partial charge in [0, 0.05) is 0 Å². The van der Waals surface area contributed by atoms with E-state index in [4.69, 9.17) is 0 Å². The van der Waals surface area contributed by atoms with Crippen molar-refractivity contribution in [1.82, 2.24) is 5.32 Å². The maximum absolute atomic E-state index is 11.3. The van der Waals surface area contributed by atoms with Crippen molar-refractivity contribution in [2.24, 2.45) is 0 Å². The minimum absolute atomic E-state index is 0.0483. The Balaban J connectivity index is 2.10. The summed E-state index contributed by atoms with van der Waals surface area (Å²) in [7, 11) is 0.837. The number of fused-ring (bicyclic) bond motifs is 1. The van der Waals surface area contributed by atoms with E-state index in [9.17, 15) is 4.79 Å². The lowest BCUT2D eigenvalue weighted by Gasteiger charge is -2.11. The van der Waals surface area contributed by atoms with Crippen molar-refractivity contribution in [2.75, 3.05) is 0 Å². The lowest BCUT2D eigenvalue weighted by Crippen LogP contribution is -2.18. The van der Waals surface area contributed by atoms with Gasteiger partial charge in [-0.1, -0.05) is 32.5 Å². The van der Waals surface area contributed by atoms with Gasteiger partial charge in [0.1, 0.15) is 4.71 Å². The van der Waals surface area contributed by atoms with Crippen molar-refractivity contribution in [3.8, 4) is 0 Å². The van der Waals surface area contributed by atoms with Gasteiger partial charge in [-0.05, 0) is 11.4 Å². The van der Waals surface area contributed by atoms with Gasteiger partial charge in [0.2, 0.25) is 0 Å². The highest BCUT2D eigenvalue weighted by molar-refractivity contribution is 9.11. The van der Waals surface area contributed by atoms with Gasteiger partial charge in [-0.3, -0.25) is 4.79 Å². The molecule has 0 radical (unpaired) electrons. The van der Waals surface area contributed by atoms with Gasteiger partial charge < -0.3 is 5.32 Å². The molecule has 0 saturated carbocycles. The molecule has 0 bridgehead atoms. The van der Waals surface area contributed by atoms with Crippen molar-refractivity contribution in [1.29, 1.82) is 0 Å². The lowest BCUT2D eigenvalue weighted by atomic mass is 10.6. The summed E-state index contributed by atoms with van der Waals surface area (Å²) in [6.07, 6.45) is 0. The van der Waals surface area contributed by atoms with Gasteiger partial charge in [0.05, 0.1) is 9.11 Å². The van der Waals surface area contributed by atoms with E-state index in [0.29, 0.717) is 4.71 Å². The first-order chi connectivity index (χ1) is 6.25. The number of carbonyl (C=O) groups excluding carboxylic acids is 1. The van der Waals surface area contributed by atoms with E-state index >= 15 is 0 Å². The van der Waals surface area contributed by atoms with Crippen LogP contribution in [-0.2, 0) is 4.79 Å². The van der Waals surface area contributed by atoms with Gasteiger partial charge in [0.25, 0.3) is 5.91 Å². The number of rotatable bonds is 1. The number of nitrogens with one attached hydrogen (secondary N) is 1. The van der Waals surface area contributed by atoms with Gasteiger partial charge in [-0.15, -0.1) is 11.3 Å². The molecule has 68 valence electrons. The van der Waals surface area contributed by atoms with Crippen LogP contribution in [0.3, 0.4) is 0 Å². The highest BCUT2D eigenvalue weighted by Crippen LogP contribution is 2.93. The van der Waals surface area contributed by atoms with Crippen molar-refractivity contribution in [2.45, 2.75) is 8.92 Å². The first-order valence-corrected chi connectivity index (χ1v) is 7.76. The summed E-state index contributed by atoms with van der Waals surface area (Å²) in [6.45, 7) is 3.90. The summed E-state index contributed by atoms with van der Waals surface area (Å²) >= 11 is 1.73. The van der Waals surface area contributed by atoms with E-state index in [0.717, 1.165) is 4.91 Å². The van der Waals surface area contributed by atoms with Crippen molar-refractivity contribution >= 4 is 37.1 Å². The second-order valence-electron chi connectivity index (χ2n) is 2.86. The van der Waals surface area contributed by atoms with Crippen molar-refractivity contribution in [3.63, 3.8) is 0 Å². The smallest absolute Gasteiger partial charge is 0.258 e. The maximum atomic E-state index is 11.3. The molecule has 2 fully saturated rings. The summed E-state index contributed by atoms with van der Waals surface area (Å²) in [5.41, 5.74) is 0. The van der Waals surface area contributed by atoms with Gasteiger partial charge in [0.15, 0.2) is 0 Å². The van der Waals surface area contributed by atoms with Crippen LogP contribution in [0.25, 0.3) is 0 Å². The van der Waals surface area contributed by atoms with E-state index in [1.165, 1.54) is 4.21 Å². The van der Waals surface area contributed by atoms with E-state index < -0.39 is 9.06 Å². The Morgan fingerprint density at radius 2 is 2.46 bits per heavy atom. The van der Waals surface area contributed by atoms with Crippen LogP contribution in [0, 0.1) is 0 Å². The zero-order valence-corrected chi connectivity index (χ0v) is 9.10. The largest absolute Gasteiger partial charge is 0.330 e. The maximum Gasteiger partial charge on any atom is 0.258 e. The quantitative estimate of drug-likeness (QED) is 0.455. The molecule has 1 N–H and O–H groups in total. The summed E-state index contributed by atoms with van der Waals surface area (Å²) in [4.78, 5) is 12.1. The second-order valence-corrected chi connectivity index (χ2v) is 9.79. The first kappa shape index (κ1) is 7.96. The molecule has 13 heavy (non-hydrogen) atoms. The predicted molar refractivity (Wildman–Crippen MR) is 58.8 cm³/mol. The van der Waals surface area contributed by atoms with Crippen LogP contribution >= 0.6 is 31.2 Å². The van der Waals surface area contributed by atoms with Gasteiger partial charge in [-0.2, -0.15) is 0 Å². The molecule has 2 aliphatic rings. The molecule has 1 amide bonds. The second kappa shape index (κ2) is 2.34. The standard InChI is InChI=1S/C8H7NOS3/c1-5-7(10)9-8-12-13(5,8)6-3-2-4-11-6/h2-4,8H,1H2,(H,9,10). The molecule has 2 unspecified atom stereocenters. The Kier molecular flexibility index (Phi) is 1.44. The van der Waals surface area contributed by atoms with Crippen LogP contribution in [-0.4, -0.2) is 10.6 Å².